The van der Waals surface area contributed by atoms with Crippen LogP contribution in [0.15, 0.2) is 84.9 Å². The van der Waals surface area contributed by atoms with E-state index in [4.69, 9.17) is 0 Å². The molecule has 3 N–H and O–H groups in total. The molecule has 0 aliphatic carbocycles. The van der Waals surface area contributed by atoms with Gasteiger partial charge in [0, 0.05) is 24.7 Å². The van der Waals surface area contributed by atoms with Gasteiger partial charge in [-0.2, -0.15) is 0 Å². The Morgan fingerprint density at radius 3 is 2.11 bits per heavy atom. The van der Waals surface area contributed by atoms with Crippen molar-refractivity contribution in [2.24, 2.45) is 0 Å². The van der Waals surface area contributed by atoms with Gasteiger partial charge in [-0.3, -0.25) is 4.79 Å². The molecule has 0 saturated heterocycles. The molecule has 35 heavy (non-hydrogen) atoms. The van der Waals surface area contributed by atoms with Crippen molar-refractivity contribution in [3.63, 3.8) is 0 Å². The van der Waals surface area contributed by atoms with E-state index in [-0.39, 0.29) is 18.0 Å². The van der Waals surface area contributed by atoms with Crippen molar-refractivity contribution >= 4 is 17.6 Å². The highest BCUT2D eigenvalue weighted by Gasteiger charge is 2.15. The van der Waals surface area contributed by atoms with Gasteiger partial charge in [-0.25, -0.2) is 4.79 Å². The van der Waals surface area contributed by atoms with Crippen molar-refractivity contribution in [1.29, 1.82) is 0 Å². The maximum Gasteiger partial charge on any atom is 0.319 e. The summed E-state index contributed by atoms with van der Waals surface area (Å²) in [4.78, 5) is 27.2. The zero-order valence-electron chi connectivity index (χ0n) is 20.7. The van der Waals surface area contributed by atoms with Crippen LogP contribution in [0.25, 0.3) is 11.1 Å². The van der Waals surface area contributed by atoms with Crippen LogP contribution in [0.1, 0.15) is 24.8 Å². The lowest BCUT2D eigenvalue weighted by Crippen LogP contribution is -2.40. The zero-order chi connectivity index (χ0) is 24.9. The molecule has 3 aromatic rings. The third-order valence-electron chi connectivity index (χ3n) is 5.73. The van der Waals surface area contributed by atoms with Gasteiger partial charge in [0.2, 0.25) is 5.91 Å². The minimum atomic E-state index is -0.273. The standard InChI is InChI=1S/C29H36N4O2/c1-33(2)21-9-20-30-28(34)19-18-27(22-23-10-5-3-6-11-23)32-29(35)31-26-16-14-25(15-17-26)24-12-7-4-8-13-24/h3-8,10-17,27H,9,18-22H2,1-2H3,(H,30,34)(H2,31,32,35)/t27-/m1/s1. The van der Waals surface area contributed by atoms with Crippen LogP contribution < -0.4 is 16.0 Å². The highest BCUT2D eigenvalue weighted by atomic mass is 16.2. The summed E-state index contributed by atoms with van der Waals surface area (Å²) in [5.74, 6) is 0.0144. The van der Waals surface area contributed by atoms with Crippen molar-refractivity contribution in [1.82, 2.24) is 15.5 Å². The summed E-state index contributed by atoms with van der Waals surface area (Å²) >= 11 is 0. The topological polar surface area (TPSA) is 73.5 Å². The number of nitrogens with one attached hydrogen (secondary N) is 3. The summed E-state index contributed by atoms with van der Waals surface area (Å²) in [6.07, 6.45) is 2.51. The van der Waals surface area contributed by atoms with E-state index in [0.717, 1.165) is 35.3 Å². The Hall–Kier alpha value is -3.64. The Balaban J connectivity index is 1.53. The van der Waals surface area contributed by atoms with Crippen molar-refractivity contribution in [2.75, 3.05) is 32.5 Å². The van der Waals surface area contributed by atoms with Crippen LogP contribution in [0, 0.1) is 0 Å². The number of urea groups is 1. The van der Waals surface area contributed by atoms with E-state index < -0.39 is 0 Å². The molecule has 1 atom stereocenters. The number of rotatable bonds is 12. The van der Waals surface area contributed by atoms with E-state index in [9.17, 15) is 9.59 Å². The average molecular weight is 473 g/mol. The van der Waals surface area contributed by atoms with E-state index in [1.807, 2.05) is 86.9 Å². The van der Waals surface area contributed by atoms with E-state index >= 15 is 0 Å². The Labute approximate surface area is 208 Å². The number of hydrogen-bond donors (Lipinski definition) is 3. The molecular formula is C29H36N4O2. The lowest BCUT2D eigenvalue weighted by Gasteiger charge is -2.19. The fraction of sp³-hybridized carbons (Fsp3) is 0.310. The molecule has 0 aromatic heterocycles. The molecule has 3 rings (SSSR count). The number of nitrogens with zero attached hydrogens (tertiary/aromatic N) is 1. The summed E-state index contributed by atoms with van der Waals surface area (Å²) in [5, 5.41) is 8.96. The zero-order valence-corrected chi connectivity index (χ0v) is 20.7. The fourth-order valence-corrected chi connectivity index (χ4v) is 3.87. The minimum absolute atomic E-state index is 0.0144. The van der Waals surface area contributed by atoms with Crippen molar-refractivity contribution in [3.05, 3.63) is 90.5 Å². The number of amides is 3. The van der Waals surface area contributed by atoms with Gasteiger partial charge in [-0.1, -0.05) is 72.8 Å². The Kier molecular flexibility index (Phi) is 10.3. The Morgan fingerprint density at radius 2 is 1.46 bits per heavy atom. The molecule has 0 aliphatic rings. The first-order valence-electron chi connectivity index (χ1n) is 12.2. The van der Waals surface area contributed by atoms with Gasteiger partial charge < -0.3 is 20.9 Å². The van der Waals surface area contributed by atoms with E-state index in [2.05, 4.69) is 33.0 Å². The third kappa shape index (κ3) is 9.63. The fourth-order valence-electron chi connectivity index (χ4n) is 3.87. The second-order valence-electron chi connectivity index (χ2n) is 8.97. The highest BCUT2D eigenvalue weighted by molar-refractivity contribution is 5.89. The van der Waals surface area contributed by atoms with Crippen LogP contribution in [0.2, 0.25) is 0 Å². The summed E-state index contributed by atoms with van der Waals surface area (Å²) in [5.41, 5.74) is 4.07. The summed E-state index contributed by atoms with van der Waals surface area (Å²) in [6, 6.07) is 27.5. The minimum Gasteiger partial charge on any atom is -0.356 e. The second kappa shape index (κ2) is 13.9. The second-order valence-corrected chi connectivity index (χ2v) is 8.97. The first-order valence-corrected chi connectivity index (χ1v) is 12.2. The quantitative estimate of drug-likeness (QED) is 0.327. The van der Waals surface area contributed by atoms with Crippen LogP contribution >= 0.6 is 0 Å². The van der Waals surface area contributed by atoms with Gasteiger partial charge in [0.1, 0.15) is 0 Å². The van der Waals surface area contributed by atoms with Crippen molar-refractivity contribution in [3.8, 4) is 11.1 Å². The molecule has 3 amide bonds. The smallest absolute Gasteiger partial charge is 0.319 e. The monoisotopic (exact) mass is 472 g/mol. The van der Waals surface area contributed by atoms with Gasteiger partial charge in [-0.15, -0.1) is 0 Å². The average Bonchev–Trinajstić information content (AvgIpc) is 2.86. The van der Waals surface area contributed by atoms with Crippen LogP contribution in [0.3, 0.4) is 0 Å². The van der Waals surface area contributed by atoms with E-state index in [1.54, 1.807) is 0 Å². The highest BCUT2D eigenvalue weighted by Crippen LogP contribution is 2.21. The molecule has 0 aliphatic heterocycles. The molecule has 0 fully saturated rings. The van der Waals surface area contributed by atoms with E-state index in [0.29, 0.717) is 25.8 Å². The molecule has 0 spiro atoms. The van der Waals surface area contributed by atoms with Gasteiger partial charge in [0.05, 0.1) is 0 Å². The van der Waals surface area contributed by atoms with Crippen molar-refractivity contribution in [2.45, 2.75) is 31.7 Å². The predicted molar refractivity (Wildman–Crippen MR) is 143 cm³/mol. The largest absolute Gasteiger partial charge is 0.356 e. The predicted octanol–water partition coefficient (Wildman–Crippen LogP) is 4.93. The number of anilines is 1. The SMILES string of the molecule is CN(C)CCCNC(=O)CC[C@H](Cc1ccccc1)NC(=O)Nc1ccc(-c2ccccc2)cc1. The molecule has 0 heterocycles. The molecule has 0 saturated carbocycles. The van der Waals surface area contributed by atoms with E-state index in [1.165, 1.54) is 0 Å². The number of carbonyl (C=O) groups excluding carboxylic acids is 2. The molecule has 6 nitrogen and oxygen atoms in total. The van der Waals surface area contributed by atoms with Crippen LogP contribution in [-0.4, -0.2) is 50.1 Å². The molecule has 0 unspecified atom stereocenters. The summed E-state index contributed by atoms with van der Waals surface area (Å²) < 4.78 is 0. The van der Waals surface area contributed by atoms with Crippen LogP contribution in [0.5, 0.6) is 0 Å². The number of benzene rings is 3. The van der Waals surface area contributed by atoms with Crippen molar-refractivity contribution < 1.29 is 9.59 Å². The molecule has 0 bridgehead atoms. The first-order chi connectivity index (χ1) is 17.0. The maximum atomic E-state index is 12.8. The normalized spacial score (nSPS) is 11.6. The third-order valence-corrected chi connectivity index (χ3v) is 5.73. The Morgan fingerprint density at radius 1 is 0.829 bits per heavy atom. The Bertz CT molecular complexity index is 1040. The number of carbonyl (C=O) groups is 2. The molecular weight excluding hydrogens is 436 g/mol. The van der Waals surface area contributed by atoms with Gasteiger partial charge >= 0.3 is 6.03 Å². The molecule has 184 valence electrons. The number of hydrogen-bond acceptors (Lipinski definition) is 3. The lowest BCUT2D eigenvalue weighted by atomic mass is 10.0. The van der Waals surface area contributed by atoms with Gasteiger partial charge in [0.15, 0.2) is 0 Å². The van der Waals surface area contributed by atoms with Gasteiger partial charge in [-0.05, 0) is 68.7 Å². The molecule has 3 aromatic carbocycles. The first kappa shape index (κ1) is 26.0. The molecule has 6 heteroatoms. The summed E-state index contributed by atoms with van der Waals surface area (Å²) in [7, 11) is 4.04. The lowest BCUT2D eigenvalue weighted by molar-refractivity contribution is -0.121. The van der Waals surface area contributed by atoms with Crippen LogP contribution in [0.4, 0.5) is 10.5 Å². The van der Waals surface area contributed by atoms with Crippen LogP contribution in [-0.2, 0) is 11.2 Å². The van der Waals surface area contributed by atoms with Gasteiger partial charge in [0.25, 0.3) is 0 Å². The molecule has 0 radical (unpaired) electrons. The maximum absolute atomic E-state index is 12.8. The summed E-state index contributed by atoms with van der Waals surface area (Å²) in [6.45, 7) is 1.60.